The summed E-state index contributed by atoms with van der Waals surface area (Å²) in [6.07, 6.45) is 0.956. The fourth-order valence-electron chi connectivity index (χ4n) is 2.21. The van der Waals surface area contributed by atoms with Gasteiger partial charge in [0.15, 0.2) is 6.61 Å². The molecule has 3 N–H and O–H groups in total. The molecule has 2 amide bonds. The predicted octanol–water partition coefficient (Wildman–Crippen LogP) is 1.21. The third kappa shape index (κ3) is 6.09. The first-order chi connectivity index (χ1) is 13.2. The van der Waals surface area contributed by atoms with Gasteiger partial charge in [-0.05, 0) is 36.4 Å². The van der Waals surface area contributed by atoms with Crippen LogP contribution < -0.4 is 15.4 Å². The van der Waals surface area contributed by atoms with E-state index in [2.05, 4.69) is 15.4 Å². The minimum atomic E-state index is -3.58. The maximum absolute atomic E-state index is 12.2. The summed E-state index contributed by atoms with van der Waals surface area (Å²) in [5, 5.41) is 5.01. The average molecular weight is 405 g/mol. The molecular weight excluding hydrogens is 386 g/mol. The highest BCUT2D eigenvalue weighted by molar-refractivity contribution is 7.92. The second-order valence-corrected chi connectivity index (χ2v) is 7.45. The predicted molar refractivity (Wildman–Crippen MR) is 104 cm³/mol. The number of hydrogen-bond acceptors (Lipinski definition) is 6. The molecule has 2 rings (SSSR count). The van der Waals surface area contributed by atoms with E-state index in [4.69, 9.17) is 4.74 Å². The van der Waals surface area contributed by atoms with Crippen molar-refractivity contribution in [3.63, 3.8) is 0 Å². The highest BCUT2D eigenvalue weighted by Crippen LogP contribution is 2.17. The molecule has 148 valence electrons. The smallest absolute Gasteiger partial charge is 0.340 e. The number of esters is 1. The molecule has 0 aliphatic heterocycles. The van der Waals surface area contributed by atoms with Gasteiger partial charge in [-0.25, -0.2) is 13.2 Å². The summed E-state index contributed by atoms with van der Waals surface area (Å²) in [6.45, 7) is -0.566. The van der Waals surface area contributed by atoms with Crippen LogP contribution in [0.5, 0.6) is 0 Å². The highest BCUT2D eigenvalue weighted by atomic mass is 32.2. The molecule has 0 fully saturated rings. The Balaban J connectivity index is 1.96. The summed E-state index contributed by atoms with van der Waals surface area (Å²) in [5.41, 5.74) is 0.894. The van der Waals surface area contributed by atoms with Crippen LogP contribution in [0.2, 0.25) is 0 Å². The monoisotopic (exact) mass is 405 g/mol. The van der Waals surface area contributed by atoms with Crippen molar-refractivity contribution in [3.05, 3.63) is 59.7 Å². The Bertz CT molecular complexity index is 987. The Morgan fingerprint density at radius 2 is 1.64 bits per heavy atom. The molecule has 0 aliphatic rings. The van der Waals surface area contributed by atoms with Crippen molar-refractivity contribution < 1.29 is 27.5 Å². The average Bonchev–Trinajstić information content (AvgIpc) is 2.65. The van der Waals surface area contributed by atoms with Crippen molar-refractivity contribution in [2.45, 2.75) is 0 Å². The minimum absolute atomic E-state index is 0.0179. The standard InChI is InChI=1S/C18H19N3O6S/c1-19-17(23)12-7-9-13(10-8-12)20-16(22)11-27-18(24)14-5-3-4-6-15(14)21-28(2,25)26/h3-10,21H,11H2,1-2H3,(H,19,23)(H,20,22). The topological polar surface area (TPSA) is 131 Å². The summed E-state index contributed by atoms with van der Waals surface area (Å²) in [5.74, 6) is -1.69. The van der Waals surface area contributed by atoms with Gasteiger partial charge in [-0.15, -0.1) is 0 Å². The van der Waals surface area contributed by atoms with Crippen molar-refractivity contribution >= 4 is 39.2 Å². The van der Waals surface area contributed by atoms with Gasteiger partial charge < -0.3 is 15.4 Å². The number of sulfonamides is 1. The molecule has 0 saturated carbocycles. The van der Waals surface area contributed by atoms with Crippen LogP contribution in [0.15, 0.2) is 48.5 Å². The Labute approximate surface area is 162 Å². The number of para-hydroxylation sites is 1. The van der Waals surface area contributed by atoms with Gasteiger partial charge in [-0.1, -0.05) is 12.1 Å². The number of nitrogens with one attached hydrogen (secondary N) is 3. The van der Waals surface area contributed by atoms with Crippen LogP contribution in [0.4, 0.5) is 11.4 Å². The van der Waals surface area contributed by atoms with E-state index in [-0.39, 0.29) is 17.2 Å². The lowest BCUT2D eigenvalue weighted by molar-refractivity contribution is -0.119. The van der Waals surface area contributed by atoms with E-state index in [1.165, 1.54) is 49.5 Å². The summed E-state index contributed by atoms with van der Waals surface area (Å²) in [6, 6.07) is 12.0. The van der Waals surface area contributed by atoms with Gasteiger partial charge in [-0.2, -0.15) is 0 Å². The third-order valence-electron chi connectivity index (χ3n) is 3.43. The molecule has 0 aliphatic carbocycles. The second-order valence-electron chi connectivity index (χ2n) is 5.70. The van der Waals surface area contributed by atoms with Crippen LogP contribution in [0.25, 0.3) is 0 Å². The lowest BCUT2D eigenvalue weighted by Crippen LogP contribution is -2.22. The van der Waals surface area contributed by atoms with E-state index in [0.717, 1.165) is 6.26 Å². The molecule has 2 aromatic rings. The summed E-state index contributed by atoms with van der Waals surface area (Å²) in [4.78, 5) is 35.6. The fraction of sp³-hybridized carbons (Fsp3) is 0.167. The SMILES string of the molecule is CNC(=O)c1ccc(NC(=O)COC(=O)c2ccccc2NS(C)(=O)=O)cc1. The van der Waals surface area contributed by atoms with Crippen LogP contribution in [-0.2, 0) is 19.6 Å². The molecule has 0 spiro atoms. The van der Waals surface area contributed by atoms with Gasteiger partial charge in [-0.3, -0.25) is 14.3 Å². The summed E-state index contributed by atoms with van der Waals surface area (Å²) >= 11 is 0. The number of carbonyl (C=O) groups is 3. The summed E-state index contributed by atoms with van der Waals surface area (Å²) < 4.78 is 29.9. The Kier molecular flexibility index (Phi) is 6.72. The molecule has 9 nitrogen and oxygen atoms in total. The van der Waals surface area contributed by atoms with Gasteiger partial charge >= 0.3 is 5.97 Å². The number of amides is 2. The summed E-state index contributed by atoms with van der Waals surface area (Å²) in [7, 11) is -2.07. The second kappa shape index (κ2) is 9.00. The van der Waals surface area contributed by atoms with Crippen molar-refractivity contribution in [1.82, 2.24) is 5.32 Å². The zero-order chi connectivity index (χ0) is 20.7. The maximum Gasteiger partial charge on any atom is 0.340 e. The first-order valence-corrected chi connectivity index (χ1v) is 9.94. The normalized spacial score (nSPS) is 10.6. The van der Waals surface area contributed by atoms with Gasteiger partial charge in [0.2, 0.25) is 10.0 Å². The molecule has 0 bridgehead atoms. The molecule has 28 heavy (non-hydrogen) atoms. The van der Waals surface area contributed by atoms with E-state index in [1.807, 2.05) is 0 Å². The fourth-order valence-corrected chi connectivity index (χ4v) is 2.78. The van der Waals surface area contributed by atoms with Crippen LogP contribution in [0.1, 0.15) is 20.7 Å². The van der Waals surface area contributed by atoms with E-state index in [1.54, 1.807) is 6.07 Å². The zero-order valence-corrected chi connectivity index (χ0v) is 16.0. The van der Waals surface area contributed by atoms with Gasteiger partial charge in [0.1, 0.15) is 0 Å². The van der Waals surface area contributed by atoms with Crippen molar-refractivity contribution in [3.8, 4) is 0 Å². The number of carbonyl (C=O) groups excluding carboxylic acids is 3. The minimum Gasteiger partial charge on any atom is -0.452 e. The molecule has 0 atom stereocenters. The largest absolute Gasteiger partial charge is 0.452 e. The van der Waals surface area contributed by atoms with Crippen molar-refractivity contribution in [1.29, 1.82) is 0 Å². The molecule has 0 radical (unpaired) electrons. The van der Waals surface area contributed by atoms with Crippen LogP contribution in [0.3, 0.4) is 0 Å². The van der Waals surface area contributed by atoms with Gasteiger partial charge in [0.25, 0.3) is 11.8 Å². The van der Waals surface area contributed by atoms with E-state index in [0.29, 0.717) is 11.3 Å². The third-order valence-corrected chi connectivity index (χ3v) is 4.03. The molecule has 0 aromatic heterocycles. The molecule has 0 saturated heterocycles. The molecule has 0 unspecified atom stereocenters. The number of ether oxygens (including phenoxy) is 1. The van der Waals surface area contributed by atoms with Crippen molar-refractivity contribution in [2.75, 3.05) is 29.9 Å². The quantitative estimate of drug-likeness (QED) is 0.594. The first-order valence-electron chi connectivity index (χ1n) is 8.05. The number of rotatable bonds is 7. The highest BCUT2D eigenvalue weighted by Gasteiger charge is 2.16. The lowest BCUT2D eigenvalue weighted by atomic mass is 10.2. The molecule has 0 heterocycles. The van der Waals surface area contributed by atoms with Gasteiger partial charge in [0, 0.05) is 18.3 Å². The van der Waals surface area contributed by atoms with E-state index in [9.17, 15) is 22.8 Å². The van der Waals surface area contributed by atoms with E-state index >= 15 is 0 Å². The van der Waals surface area contributed by atoms with Crippen LogP contribution in [0, 0.1) is 0 Å². The van der Waals surface area contributed by atoms with E-state index < -0.39 is 28.5 Å². The maximum atomic E-state index is 12.2. The lowest BCUT2D eigenvalue weighted by Gasteiger charge is -2.11. The Morgan fingerprint density at radius 3 is 2.25 bits per heavy atom. The van der Waals surface area contributed by atoms with Gasteiger partial charge in [0.05, 0.1) is 17.5 Å². The van der Waals surface area contributed by atoms with Crippen molar-refractivity contribution in [2.24, 2.45) is 0 Å². The molecule has 2 aromatic carbocycles. The molecular formula is C18H19N3O6S. The Morgan fingerprint density at radius 1 is 1.00 bits per heavy atom. The Hall–Kier alpha value is -3.40. The molecule has 10 heteroatoms. The zero-order valence-electron chi connectivity index (χ0n) is 15.2. The first kappa shape index (κ1) is 20.9. The number of hydrogen-bond donors (Lipinski definition) is 3. The number of benzene rings is 2. The van der Waals surface area contributed by atoms with Crippen LogP contribution >= 0.6 is 0 Å². The van der Waals surface area contributed by atoms with Crippen LogP contribution in [-0.4, -0.2) is 46.1 Å². The number of anilines is 2.